The number of rotatable bonds is 2. The van der Waals surface area contributed by atoms with Crippen molar-refractivity contribution in [3.8, 4) is 5.75 Å². The molecule has 0 radical (unpaired) electrons. The molecule has 2 rings (SSSR count). The van der Waals surface area contributed by atoms with E-state index in [0.29, 0.717) is 12.2 Å². The van der Waals surface area contributed by atoms with Gasteiger partial charge < -0.3 is 15.2 Å². The van der Waals surface area contributed by atoms with Crippen LogP contribution >= 0.6 is 15.9 Å². The fourth-order valence-electron chi connectivity index (χ4n) is 1.71. The summed E-state index contributed by atoms with van der Waals surface area (Å²) in [5.74, 6) is -0.169. The van der Waals surface area contributed by atoms with Gasteiger partial charge in [0.1, 0.15) is 11.8 Å². The number of halogens is 1. The van der Waals surface area contributed by atoms with Gasteiger partial charge in [-0.3, -0.25) is 0 Å². The quantitative estimate of drug-likeness (QED) is 0.863. The van der Waals surface area contributed by atoms with E-state index in [2.05, 4.69) is 21.2 Å². The molecule has 1 aliphatic rings. The second-order valence-corrected chi connectivity index (χ2v) is 4.20. The smallest absolute Gasteiger partial charge is 0.326 e. The highest BCUT2D eigenvalue weighted by Crippen LogP contribution is 2.39. The summed E-state index contributed by atoms with van der Waals surface area (Å²) < 4.78 is 6.08. The van der Waals surface area contributed by atoms with Crippen LogP contribution in [0.25, 0.3) is 0 Å². The molecule has 0 aliphatic carbocycles. The van der Waals surface area contributed by atoms with Crippen LogP contribution in [0.15, 0.2) is 16.6 Å². The Balaban J connectivity index is 2.43. The Kier molecular flexibility index (Phi) is 2.56. The number of fused-ring (bicyclic) bond motifs is 1. The van der Waals surface area contributed by atoms with Crippen molar-refractivity contribution in [2.45, 2.75) is 12.5 Å². The summed E-state index contributed by atoms with van der Waals surface area (Å²) >= 11 is 3.40. The molecule has 5 heteroatoms. The Morgan fingerprint density at radius 2 is 2.40 bits per heavy atom. The van der Waals surface area contributed by atoms with Crippen LogP contribution in [0.4, 0.5) is 5.69 Å². The van der Waals surface area contributed by atoms with Gasteiger partial charge in [-0.05, 0) is 17.7 Å². The maximum atomic E-state index is 10.9. The first kappa shape index (κ1) is 10.3. The number of hydrogen-bond acceptors (Lipinski definition) is 3. The van der Waals surface area contributed by atoms with Crippen molar-refractivity contribution >= 4 is 27.6 Å². The number of aliphatic carboxylic acids is 1. The van der Waals surface area contributed by atoms with E-state index in [0.717, 1.165) is 15.7 Å². The van der Waals surface area contributed by atoms with Gasteiger partial charge in [0.15, 0.2) is 0 Å². The number of carboxylic acids is 1. The summed E-state index contributed by atoms with van der Waals surface area (Å²) in [6, 6.07) is 3.11. The zero-order valence-corrected chi connectivity index (χ0v) is 9.67. The second kappa shape index (κ2) is 3.73. The molecular weight excluding hydrogens is 262 g/mol. The molecule has 1 aliphatic heterocycles. The van der Waals surface area contributed by atoms with E-state index in [-0.39, 0.29) is 0 Å². The summed E-state index contributed by atoms with van der Waals surface area (Å²) in [7, 11) is 1.57. The Morgan fingerprint density at radius 1 is 1.67 bits per heavy atom. The molecular formula is C10H10BrNO3. The molecule has 0 spiro atoms. The van der Waals surface area contributed by atoms with Crippen molar-refractivity contribution in [1.82, 2.24) is 0 Å². The third-order valence-corrected chi connectivity index (χ3v) is 3.21. The molecule has 0 amide bonds. The summed E-state index contributed by atoms with van der Waals surface area (Å²) in [4.78, 5) is 10.9. The van der Waals surface area contributed by atoms with E-state index in [1.165, 1.54) is 0 Å². The zero-order valence-electron chi connectivity index (χ0n) is 8.08. The molecule has 0 fully saturated rings. The molecule has 1 heterocycles. The Labute approximate surface area is 95.4 Å². The van der Waals surface area contributed by atoms with E-state index in [4.69, 9.17) is 9.84 Å². The molecule has 1 aromatic rings. The maximum absolute atomic E-state index is 10.9. The monoisotopic (exact) mass is 271 g/mol. The fraction of sp³-hybridized carbons (Fsp3) is 0.300. The Hall–Kier alpha value is -1.23. The van der Waals surface area contributed by atoms with E-state index in [9.17, 15) is 4.79 Å². The lowest BCUT2D eigenvalue weighted by Gasteiger charge is -2.09. The highest BCUT2D eigenvalue weighted by Gasteiger charge is 2.30. The van der Waals surface area contributed by atoms with Crippen LogP contribution in [0.2, 0.25) is 0 Å². The normalized spacial score (nSPS) is 18.1. The van der Waals surface area contributed by atoms with Crippen molar-refractivity contribution in [3.63, 3.8) is 0 Å². The van der Waals surface area contributed by atoms with Gasteiger partial charge in [-0.1, -0.05) is 15.9 Å². The summed E-state index contributed by atoms with van der Waals surface area (Å²) in [6.07, 6.45) is 0.475. The van der Waals surface area contributed by atoms with Crippen LogP contribution in [0, 0.1) is 0 Å². The lowest BCUT2D eigenvalue weighted by Crippen LogP contribution is -2.26. The topological polar surface area (TPSA) is 58.6 Å². The number of anilines is 1. The highest BCUT2D eigenvalue weighted by atomic mass is 79.9. The molecule has 0 bridgehead atoms. The lowest BCUT2D eigenvalue weighted by molar-refractivity contribution is -0.137. The van der Waals surface area contributed by atoms with E-state index < -0.39 is 12.0 Å². The highest BCUT2D eigenvalue weighted by molar-refractivity contribution is 9.10. The largest absolute Gasteiger partial charge is 0.495 e. The number of carbonyl (C=O) groups is 1. The molecule has 0 unspecified atom stereocenters. The van der Waals surface area contributed by atoms with Gasteiger partial charge in [0, 0.05) is 10.9 Å². The Bertz CT molecular complexity index is 419. The van der Waals surface area contributed by atoms with E-state index in [1.54, 1.807) is 13.2 Å². The van der Waals surface area contributed by atoms with Crippen LogP contribution in [0.3, 0.4) is 0 Å². The molecule has 80 valence electrons. The minimum absolute atomic E-state index is 0.475. The van der Waals surface area contributed by atoms with Gasteiger partial charge in [0.2, 0.25) is 0 Å². The van der Waals surface area contributed by atoms with Gasteiger partial charge >= 0.3 is 5.97 Å². The fourth-order valence-corrected chi connectivity index (χ4v) is 2.20. The zero-order chi connectivity index (χ0) is 11.0. The van der Waals surface area contributed by atoms with Crippen molar-refractivity contribution in [2.24, 2.45) is 0 Å². The van der Waals surface area contributed by atoms with Crippen LogP contribution in [0.5, 0.6) is 5.75 Å². The molecule has 2 N–H and O–H groups in total. The lowest BCUT2D eigenvalue weighted by atomic mass is 10.1. The van der Waals surface area contributed by atoms with Gasteiger partial charge in [0.05, 0.1) is 12.8 Å². The van der Waals surface area contributed by atoms with Gasteiger partial charge in [0.25, 0.3) is 0 Å². The SMILES string of the molecule is COc1ccc(Br)c2c1N[C@@H](C(=O)O)C2. The summed E-state index contributed by atoms with van der Waals surface area (Å²) in [5.41, 5.74) is 1.74. The number of nitrogens with one attached hydrogen (secondary N) is 1. The molecule has 1 atom stereocenters. The predicted molar refractivity (Wildman–Crippen MR) is 59.4 cm³/mol. The van der Waals surface area contributed by atoms with Crippen molar-refractivity contribution in [2.75, 3.05) is 12.4 Å². The minimum Gasteiger partial charge on any atom is -0.495 e. The van der Waals surface area contributed by atoms with Crippen LogP contribution in [-0.2, 0) is 11.2 Å². The molecule has 15 heavy (non-hydrogen) atoms. The van der Waals surface area contributed by atoms with E-state index in [1.807, 2.05) is 6.07 Å². The first-order valence-corrected chi connectivity index (χ1v) is 5.27. The number of hydrogen-bond donors (Lipinski definition) is 2. The standard InChI is InChI=1S/C10H10BrNO3/c1-15-8-3-2-6(11)5-4-7(10(13)14)12-9(5)8/h2-3,7,12H,4H2,1H3,(H,13,14)/t7-/m1/s1. The Morgan fingerprint density at radius 3 is 3.00 bits per heavy atom. The number of methoxy groups -OCH3 is 1. The van der Waals surface area contributed by atoms with Crippen LogP contribution < -0.4 is 10.1 Å². The molecule has 1 aromatic carbocycles. The minimum atomic E-state index is -0.847. The van der Waals surface area contributed by atoms with Crippen LogP contribution in [-0.4, -0.2) is 24.2 Å². The number of ether oxygens (including phenoxy) is 1. The van der Waals surface area contributed by atoms with Crippen LogP contribution in [0.1, 0.15) is 5.56 Å². The third kappa shape index (κ3) is 1.67. The summed E-state index contributed by atoms with van der Waals surface area (Å²) in [5, 5.41) is 11.9. The van der Waals surface area contributed by atoms with E-state index >= 15 is 0 Å². The molecule has 0 aromatic heterocycles. The average molecular weight is 272 g/mol. The van der Waals surface area contributed by atoms with Gasteiger partial charge in [-0.2, -0.15) is 0 Å². The third-order valence-electron chi connectivity index (χ3n) is 2.46. The van der Waals surface area contributed by atoms with Crippen molar-refractivity contribution in [1.29, 1.82) is 0 Å². The first-order valence-electron chi connectivity index (χ1n) is 4.48. The predicted octanol–water partition coefficient (Wildman–Crippen LogP) is 1.88. The molecule has 0 saturated heterocycles. The van der Waals surface area contributed by atoms with Gasteiger partial charge in [-0.15, -0.1) is 0 Å². The summed E-state index contributed by atoms with van der Waals surface area (Å²) in [6.45, 7) is 0. The number of carboxylic acid groups (broad SMARTS) is 1. The molecule has 4 nitrogen and oxygen atoms in total. The van der Waals surface area contributed by atoms with Crippen molar-refractivity contribution < 1.29 is 14.6 Å². The van der Waals surface area contributed by atoms with Gasteiger partial charge in [-0.25, -0.2) is 4.79 Å². The van der Waals surface area contributed by atoms with Crippen molar-refractivity contribution in [3.05, 3.63) is 22.2 Å². The average Bonchev–Trinajstić information content (AvgIpc) is 2.64. The molecule has 0 saturated carbocycles. The second-order valence-electron chi connectivity index (χ2n) is 3.34. The maximum Gasteiger partial charge on any atom is 0.326 e. The number of benzene rings is 1. The first-order chi connectivity index (χ1) is 7.13.